The van der Waals surface area contributed by atoms with E-state index in [9.17, 15) is 22.8 Å². The molecular weight excluding hydrogens is 654 g/mol. The summed E-state index contributed by atoms with van der Waals surface area (Å²) in [6.45, 7) is 2.88. The molecule has 256 valence electrons. The number of benzene rings is 1. The van der Waals surface area contributed by atoms with Crippen LogP contribution in [0.15, 0.2) is 76.9 Å². The number of aromatic nitrogens is 6. The molecular formula is C33H35N7O8S. The number of carbonyl (C=O) groups is 2. The molecule has 0 radical (unpaired) electrons. The van der Waals surface area contributed by atoms with Crippen molar-refractivity contribution in [3.63, 3.8) is 0 Å². The average molecular weight is 690 g/mol. The van der Waals surface area contributed by atoms with E-state index in [4.69, 9.17) is 19.2 Å². The summed E-state index contributed by atoms with van der Waals surface area (Å²) >= 11 is 0. The Labute approximate surface area is 281 Å². The van der Waals surface area contributed by atoms with Crippen molar-refractivity contribution >= 4 is 33.0 Å². The number of nitrogens with one attached hydrogen (secondary N) is 1. The van der Waals surface area contributed by atoms with Crippen LogP contribution in [0.25, 0.3) is 22.4 Å². The van der Waals surface area contributed by atoms with Gasteiger partial charge in [-0.2, -0.15) is 9.40 Å². The van der Waals surface area contributed by atoms with Crippen LogP contribution in [0.1, 0.15) is 46.7 Å². The summed E-state index contributed by atoms with van der Waals surface area (Å²) in [7, 11) is -2.66. The van der Waals surface area contributed by atoms with E-state index in [0.717, 1.165) is 10.7 Å². The van der Waals surface area contributed by atoms with Gasteiger partial charge >= 0.3 is 11.9 Å². The molecule has 0 aliphatic heterocycles. The summed E-state index contributed by atoms with van der Waals surface area (Å²) in [6.07, 6.45) is 7.05. The lowest BCUT2D eigenvalue weighted by Gasteiger charge is -2.23. The summed E-state index contributed by atoms with van der Waals surface area (Å²) in [6, 6.07) is 10.4. The van der Waals surface area contributed by atoms with Crippen LogP contribution in [0.5, 0.6) is 5.75 Å². The van der Waals surface area contributed by atoms with Crippen molar-refractivity contribution in [2.24, 2.45) is 7.05 Å². The molecule has 0 bridgehead atoms. The van der Waals surface area contributed by atoms with Crippen LogP contribution in [0.2, 0.25) is 0 Å². The van der Waals surface area contributed by atoms with Gasteiger partial charge in [0.2, 0.25) is 10.0 Å². The minimum absolute atomic E-state index is 0.103. The molecule has 0 amide bonds. The van der Waals surface area contributed by atoms with Crippen LogP contribution in [0.4, 0.5) is 0 Å². The van der Waals surface area contributed by atoms with Crippen LogP contribution in [0.3, 0.4) is 0 Å². The third-order valence-corrected chi connectivity index (χ3v) is 9.23. The molecule has 15 nitrogen and oxygen atoms in total. The Kier molecular flexibility index (Phi) is 11.1. The summed E-state index contributed by atoms with van der Waals surface area (Å²) in [4.78, 5) is 53.4. The van der Waals surface area contributed by atoms with E-state index < -0.39 is 27.5 Å². The minimum Gasteiger partial charge on any atom is -0.493 e. The van der Waals surface area contributed by atoms with Crippen molar-refractivity contribution in [1.29, 1.82) is 0 Å². The molecule has 0 aliphatic rings. The van der Waals surface area contributed by atoms with E-state index in [-0.39, 0.29) is 60.3 Å². The zero-order valence-corrected chi connectivity index (χ0v) is 28.0. The molecule has 0 spiro atoms. The van der Waals surface area contributed by atoms with Crippen LogP contribution in [-0.2, 0) is 33.0 Å². The molecule has 4 heterocycles. The second-order valence-corrected chi connectivity index (χ2v) is 12.6. The van der Waals surface area contributed by atoms with Gasteiger partial charge < -0.3 is 19.2 Å². The highest BCUT2D eigenvalue weighted by molar-refractivity contribution is 7.89. The highest BCUT2D eigenvalue weighted by atomic mass is 32.2. The molecule has 1 N–H and O–H groups in total. The second-order valence-electron chi connectivity index (χ2n) is 10.7. The first-order valence-corrected chi connectivity index (χ1v) is 17.0. The highest BCUT2D eigenvalue weighted by Gasteiger charge is 2.28. The van der Waals surface area contributed by atoms with Gasteiger partial charge in [0.25, 0.3) is 5.56 Å². The molecule has 0 aliphatic carbocycles. The monoisotopic (exact) mass is 689 g/mol. The molecule has 49 heavy (non-hydrogen) atoms. The van der Waals surface area contributed by atoms with Gasteiger partial charge in [-0.3, -0.25) is 19.4 Å². The van der Waals surface area contributed by atoms with Gasteiger partial charge in [0.1, 0.15) is 30.3 Å². The Balaban J connectivity index is 1.47. The highest BCUT2D eigenvalue weighted by Crippen LogP contribution is 2.32. The Morgan fingerprint density at radius 2 is 1.57 bits per heavy atom. The SMILES string of the molecule is CCCc1nn(C)c2c(=O)[nH]c(-c3cc(S(=O)(=O)N(CCOC(=O)c4cccnc4)CCOC(=O)c4cccnc4)ccc3OCC)nc12. The van der Waals surface area contributed by atoms with Gasteiger partial charge in [0, 0.05) is 44.9 Å². The number of rotatable bonds is 15. The molecule has 4 aromatic heterocycles. The second kappa shape index (κ2) is 15.6. The Morgan fingerprint density at radius 1 is 0.939 bits per heavy atom. The molecule has 1 aromatic carbocycles. The largest absolute Gasteiger partial charge is 0.493 e. The normalized spacial score (nSPS) is 11.5. The number of pyridine rings is 2. The lowest BCUT2D eigenvalue weighted by atomic mass is 10.1. The van der Waals surface area contributed by atoms with Crippen molar-refractivity contribution in [2.45, 2.75) is 31.6 Å². The van der Waals surface area contributed by atoms with E-state index in [2.05, 4.69) is 20.1 Å². The minimum atomic E-state index is -4.32. The average Bonchev–Trinajstić information content (AvgIpc) is 3.43. The summed E-state index contributed by atoms with van der Waals surface area (Å²) in [5, 5.41) is 4.46. The quantitative estimate of drug-likeness (QED) is 0.158. The van der Waals surface area contributed by atoms with Crippen LogP contribution >= 0.6 is 0 Å². The molecule has 0 saturated carbocycles. The van der Waals surface area contributed by atoms with Crippen molar-refractivity contribution in [1.82, 2.24) is 34.0 Å². The van der Waals surface area contributed by atoms with Crippen LogP contribution in [0, 0.1) is 0 Å². The fourth-order valence-electron chi connectivity index (χ4n) is 5.03. The molecule has 0 atom stereocenters. The van der Waals surface area contributed by atoms with Crippen LogP contribution < -0.4 is 10.3 Å². The van der Waals surface area contributed by atoms with Gasteiger partial charge in [-0.25, -0.2) is 23.0 Å². The zero-order valence-electron chi connectivity index (χ0n) is 27.2. The van der Waals surface area contributed by atoms with Gasteiger partial charge in [0.05, 0.1) is 33.9 Å². The number of esters is 2. The number of carbonyl (C=O) groups excluding carboxylic acids is 2. The topological polar surface area (TPSA) is 189 Å². The molecule has 0 unspecified atom stereocenters. The predicted molar refractivity (Wildman–Crippen MR) is 178 cm³/mol. The molecule has 0 fully saturated rings. The van der Waals surface area contributed by atoms with Crippen molar-refractivity contribution in [3.8, 4) is 17.1 Å². The van der Waals surface area contributed by atoms with Crippen molar-refractivity contribution in [2.75, 3.05) is 32.9 Å². The number of nitrogens with zero attached hydrogens (tertiary/aromatic N) is 6. The van der Waals surface area contributed by atoms with Gasteiger partial charge in [-0.05, 0) is 55.8 Å². The van der Waals surface area contributed by atoms with Gasteiger partial charge in [0.15, 0.2) is 5.52 Å². The first-order chi connectivity index (χ1) is 23.6. The zero-order chi connectivity index (χ0) is 35.0. The molecule has 5 aromatic rings. The van der Waals surface area contributed by atoms with Gasteiger partial charge in [-0.15, -0.1) is 0 Å². The third kappa shape index (κ3) is 7.98. The lowest BCUT2D eigenvalue weighted by molar-refractivity contribution is 0.0450. The fourth-order valence-corrected chi connectivity index (χ4v) is 6.47. The summed E-state index contributed by atoms with van der Waals surface area (Å²) in [5.41, 5.74) is 1.54. The Hall–Kier alpha value is -5.48. The van der Waals surface area contributed by atoms with E-state index in [1.165, 1.54) is 59.8 Å². The fraction of sp³-hybridized carbons (Fsp3) is 0.303. The smallest absolute Gasteiger partial charge is 0.339 e. The Bertz CT molecular complexity index is 2050. The van der Waals surface area contributed by atoms with E-state index in [0.29, 0.717) is 28.9 Å². The Morgan fingerprint density at radius 3 is 2.12 bits per heavy atom. The maximum absolute atomic E-state index is 14.2. The third-order valence-electron chi connectivity index (χ3n) is 7.34. The number of sulfonamides is 1. The molecule has 5 rings (SSSR count). The van der Waals surface area contributed by atoms with Crippen molar-refractivity contribution in [3.05, 3.63) is 94.4 Å². The number of aromatic amines is 1. The maximum atomic E-state index is 14.2. The first-order valence-electron chi connectivity index (χ1n) is 15.5. The lowest BCUT2D eigenvalue weighted by Crippen LogP contribution is -2.37. The molecule has 16 heteroatoms. The number of hydrogen-bond acceptors (Lipinski definition) is 12. The maximum Gasteiger partial charge on any atom is 0.339 e. The van der Waals surface area contributed by atoms with Gasteiger partial charge in [-0.1, -0.05) is 13.3 Å². The van der Waals surface area contributed by atoms with E-state index in [1.54, 1.807) is 26.1 Å². The predicted octanol–water partition coefficient (Wildman–Crippen LogP) is 3.17. The van der Waals surface area contributed by atoms with Crippen molar-refractivity contribution < 1.29 is 32.2 Å². The number of aryl methyl sites for hydroxylation is 2. The number of fused-ring (bicyclic) bond motifs is 1. The standard InChI is InChI=1S/C33H35N7O8S/c1-4-8-26-28-29(39(3)38-26)31(41)37-30(36-28)25-19-24(11-12-27(25)46-5-2)49(44,45)40(15-17-47-32(42)22-9-6-13-34-20-22)16-18-48-33(43)23-10-7-14-35-21-23/h6-7,9-14,19-21H,4-5,8,15-18H2,1-3H3,(H,36,37,41). The summed E-state index contributed by atoms with van der Waals surface area (Å²) in [5.74, 6) is -0.960. The number of ether oxygens (including phenoxy) is 3. The van der Waals surface area contributed by atoms with Crippen LogP contribution in [-0.4, -0.2) is 87.3 Å². The molecule has 0 saturated heterocycles. The van der Waals surface area contributed by atoms with E-state index >= 15 is 0 Å². The number of hydrogen-bond donors (Lipinski definition) is 1. The first kappa shape index (κ1) is 34.8. The number of H-pyrrole nitrogens is 1. The van der Waals surface area contributed by atoms with E-state index in [1.807, 2.05) is 6.92 Å². The summed E-state index contributed by atoms with van der Waals surface area (Å²) < 4.78 is 47.3.